The van der Waals surface area contributed by atoms with Gasteiger partial charge in [0.25, 0.3) is 11.8 Å². The smallest absolute Gasteiger partial charge is 0.279 e. The standard InChI is InChI=1S/C16H14F2N2O3/c1-10(23-12-8-6-11(17)7-9-12)15(21)19-20-16(22)13-4-2-3-5-14(13)18/h2-10H,1H3,(H,19,21)(H,20,22). The lowest BCUT2D eigenvalue weighted by Gasteiger charge is -2.15. The topological polar surface area (TPSA) is 67.4 Å². The molecule has 2 aromatic rings. The highest BCUT2D eigenvalue weighted by Crippen LogP contribution is 2.13. The van der Waals surface area contributed by atoms with Crippen LogP contribution in [0.4, 0.5) is 8.78 Å². The summed E-state index contributed by atoms with van der Waals surface area (Å²) in [4.78, 5) is 23.6. The van der Waals surface area contributed by atoms with Crippen molar-refractivity contribution >= 4 is 11.8 Å². The highest BCUT2D eigenvalue weighted by Gasteiger charge is 2.17. The number of carbonyl (C=O) groups excluding carboxylic acids is 2. The summed E-state index contributed by atoms with van der Waals surface area (Å²) in [5.41, 5.74) is 4.04. The Hall–Kier alpha value is -2.96. The first kappa shape index (κ1) is 16.4. The van der Waals surface area contributed by atoms with Gasteiger partial charge in [0.15, 0.2) is 6.10 Å². The summed E-state index contributed by atoms with van der Waals surface area (Å²) < 4.78 is 31.5. The van der Waals surface area contributed by atoms with Crippen molar-refractivity contribution in [3.05, 3.63) is 65.7 Å². The van der Waals surface area contributed by atoms with Crippen LogP contribution >= 0.6 is 0 Å². The van der Waals surface area contributed by atoms with Crippen molar-refractivity contribution < 1.29 is 23.1 Å². The van der Waals surface area contributed by atoms with Gasteiger partial charge in [0.1, 0.15) is 17.4 Å². The first-order chi connectivity index (χ1) is 11.0. The minimum Gasteiger partial charge on any atom is -0.481 e. The molecule has 5 nitrogen and oxygen atoms in total. The van der Waals surface area contributed by atoms with Crippen LogP contribution in [0.5, 0.6) is 5.75 Å². The molecule has 0 aliphatic carbocycles. The quantitative estimate of drug-likeness (QED) is 0.849. The Morgan fingerprint density at radius 2 is 1.65 bits per heavy atom. The molecular formula is C16H14F2N2O3. The second-order valence-electron chi connectivity index (χ2n) is 4.64. The van der Waals surface area contributed by atoms with Crippen LogP contribution in [0.1, 0.15) is 17.3 Å². The summed E-state index contributed by atoms with van der Waals surface area (Å²) in [6.45, 7) is 1.45. The lowest BCUT2D eigenvalue weighted by atomic mass is 10.2. The summed E-state index contributed by atoms with van der Waals surface area (Å²) >= 11 is 0. The molecule has 1 atom stereocenters. The molecule has 0 saturated carbocycles. The highest BCUT2D eigenvalue weighted by atomic mass is 19.1. The molecule has 0 saturated heterocycles. The van der Waals surface area contributed by atoms with Crippen molar-refractivity contribution in [1.29, 1.82) is 0 Å². The number of hydrogen-bond acceptors (Lipinski definition) is 3. The Balaban J connectivity index is 1.87. The van der Waals surface area contributed by atoms with E-state index >= 15 is 0 Å². The second-order valence-corrected chi connectivity index (χ2v) is 4.64. The SMILES string of the molecule is CC(Oc1ccc(F)cc1)C(=O)NNC(=O)c1ccccc1F. The number of ether oxygens (including phenoxy) is 1. The van der Waals surface area contributed by atoms with E-state index in [0.29, 0.717) is 5.75 Å². The number of halogens is 2. The van der Waals surface area contributed by atoms with Gasteiger partial charge >= 0.3 is 0 Å². The average Bonchev–Trinajstić information content (AvgIpc) is 2.54. The molecule has 2 N–H and O–H groups in total. The van der Waals surface area contributed by atoms with E-state index in [1.807, 2.05) is 0 Å². The number of benzene rings is 2. The number of amides is 2. The van der Waals surface area contributed by atoms with Gasteiger partial charge in [0, 0.05) is 0 Å². The van der Waals surface area contributed by atoms with Crippen LogP contribution in [0.25, 0.3) is 0 Å². The van der Waals surface area contributed by atoms with Crippen molar-refractivity contribution in [2.75, 3.05) is 0 Å². The van der Waals surface area contributed by atoms with Gasteiger partial charge in [-0.05, 0) is 43.3 Å². The molecule has 2 amide bonds. The van der Waals surface area contributed by atoms with Crippen molar-refractivity contribution in [2.24, 2.45) is 0 Å². The van der Waals surface area contributed by atoms with E-state index in [9.17, 15) is 18.4 Å². The monoisotopic (exact) mass is 320 g/mol. The van der Waals surface area contributed by atoms with Gasteiger partial charge in [0.2, 0.25) is 0 Å². The number of rotatable bonds is 4. The number of carbonyl (C=O) groups is 2. The molecule has 0 aliphatic heterocycles. The first-order valence-corrected chi connectivity index (χ1v) is 6.74. The fraction of sp³-hybridized carbons (Fsp3) is 0.125. The third-order valence-corrected chi connectivity index (χ3v) is 2.91. The first-order valence-electron chi connectivity index (χ1n) is 6.74. The molecule has 0 aromatic heterocycles. The van der Waals surface area contributed by atoms with E-state index < -0.39 is 29.6 Å². The molecule has 120 valence electrons. The lowest BCUT2D eigenvalue weighted by Crippen LogP contribution is -2.47. The zero-order chi connectivity index (χ0) is 16.8. The molecule has 23 heavy (non-hydrogen) atoms. The summed E-state index contributed by atoms with van der Waals surface area (Å²) in [6, 6.07) is 10.5. The van der Waals surface area contributed by atoms with Gasteiger partial charge < -0.3 is 4.74 Å². The molecule has 0 spiro atoms. The predicted molar refractivity (Wildman–Crippen MR) is 78.5 cm³/mol. The summed E-state index contributed by atoms with van der Waals surface area (Å²) in [5, 5.41) is 0. The molecule has 2 rings (SSSR count). The molecule has 2 aromatic carbocycles. The van der Waals surface area contributed by atoms with Crippen LogP contribution in [0.15, 0.2) is 48.5 Å². The van der Waals surface area contributed by atoms with Crippen LogP contribution in [0.3, 0.4) is 0 Å². The van der Waals surface area contributed by atoms with E-state index in [-0.39, 0.29) is 5.56 Å². The van der Waals surface area contributed by atoms with E-state index in [1.165, 1.54) is 49.4 Å². The maximum Gasteiger partial charge on any atom is 0.279 e. The van der Waals surface area contributed by atoms with E-state index in [4.69, 9.17) is 4.74 Å². The Bertz CT molecular complexity index is 705. The predicted octanol–water partition coefficient (Wildman–Crippen LogP) is 2.19. The zero-order valence-corrected chi connectivity index (χ0v) is 12.2. The van der Waals surface area contributed by atoms with Gasteiger partial charge in [-0.3, -0.25) is 20.4 Å². The van der Waals surface area contributed by atoms with E-state index in [2.05, 4.69) is 10.9 Å². The molecule has 7 heteroatoms. The molecular weight excluding hydrogens is 306 g/mol. The molecule has 0 fully saturated rings. The Labute approximate surface area is 131 Å². The maximum atomic E-state index is 13.4. The normalized spacial score (nSPS) is 11.4. The van der Waals surface area contributed by atoms with Crippen molar-refractivity contribution in [3.63, 3.8) is 0 Å². The molecule has 1 unspecified atom stereocenters. The van der Waals surface area contributed by atoms with Crippen LogP contribution in [0, 0.1) is 11.6 Å². The summed E-state index contributed by atoms with van der Waals surface area (Å²) in [6.07, 6.45) is -0.943. The van der Waals surface area contributed by atoms with Crippen LogP contribution in [0.2, 0.25) is 0 Å². The summed E-state index contributed by atoms with van der Waals surface area (Å²) in [5.74, 6) is -2.25. The van der Waals surface area contributed by atoms with Gasteiger partial charge in [-0.2, -0.15) is 0 Å². The Kier molecular flexibility index (Phi) is 5.24. The van der Waals surface area contributed by atoms with Crippen molar-refractivity contribution in [3.8, 4) is 5.75 Å². The molecule has 0 bridgehead atoms. The lowest BCUT2D eigenvalue weighted by molar-refractivity contribution is -0.128. The third kappa shape index (κ3) is 4.50. The number of hydrazine groups is 1. The van der Waals surface area contributed by atoms with Crippen molar-refractivity contribution in [1.82, 2.24) is 10.9 Å². The number of hydrogen-bond donors (Lipinski definition) is 2. The fourth-order valence-electron chi connectivity index (χ4n) is 1.70. The largest absolute Gasteiger partial charge is 0.481 e. The summed E-state index contributed by atoms with van der Waals surface area (Å²) in [7, 11) is 0. The molecule has 0 heterocycles. The average molecular weight is 320 g/mol. The number of nitrogens with one attached hydrogen (secondary N) is 2. The third-order valence-electron chi connectivity index (χ3n) is 2.91. The van der Waals surface area contributed by atoms with Gasteiger partial charge in [-0.15, -0.1) is 0 Å². The van der Waals surface area contributed by atoms with E-state index in [0.717, 1.165) is 6.07 Å². The minimum absolute atomic E-state index is 0.195. The van der Waals surface area contributed by atoms with Gasteiger partial charge in [0.05, 0.1) is 5.56 Å². The Morgan fingerprint density at radius 1 is 1.00 bits per heavy atom. The highest BCUT2D eigenvalue weighted by molar-refractivity contribution is 5.95. The van der Waals surface area contributed by atoms with Gasteiger partial charge in [-0.1, -0.05) is 12.1 Å². The van der Waals surface area contributed by atoms with Crippen LogP contribution in [-0.4, -0.2) is 17.9 Å². The second kappa shape index (κ2) is 7.35. The molecule has 0 radical (unpaired) electrons. The maximum absolute atomic E-state index is 13.4. The van der Waals surface area contributed by atoms with E-state index in [1.54, 1.807) is 0 Å². The van der Waals surface area contributed by atoms with Gasteiger partial charge in [-0.25, -0.2) is 8.78 Å². The van der Waals surface area contributed by atoms with Crippen LogP contribution in [-0.2, 0) is 4.79 Å². The Morgan fingerprint density at radius 3 is 2.30 bits per heavy atom. The fourth-order valence-corrected chi connectivity index (χ4v) is 1.70. The van der Waals surface area contributed by atoms with Crippen molar-refractivity contribution in [2.45, 2.75) is 13.0 Å². The zero-order valence-electron chi connectivity index (χ0n) is 12.2. The van der Waals surface area contributed by atoms with Crippen LogP contribution < -0.4 is 15.6 Å². The minimum atomic E-state index is -0.943. The molecule has 0 aliphatic rings.